The summed E-state index contributed by atoms with van der Waals surface area (Å²) >= 11 is 3.28. The van der Waals surface area contributed by atoms with Crippen molar-refractivity contribution in [3.63, 3.8) is 0 Å². The van der Waals surface area contributed by atoms with Crippen LogP contribution in [0.1, 0.15) is 20.7 Å². The van der Waals surface area contributed by atoms with Gasteiger partial charge in [0.25, 0.3) is 11.8 Å². The number of fused-ring (bicyclic) bond motifs is 1. The van der Waals surface area contributed by atoms with Crippen molar-refractivity contribution in [1.29, 1.82) is 0 Å². The Morgan fingerprint density at radius 2 is 1.94 bits per heavy atom. The molecule has 1 aromatic heterocycles. The van der Waals surface area contributed by atoms with Crippen molar-refractivity contribution in [2.24, 2.45) is 0 Å². The van der Waals surface area contributed by atoms with Gasteiger partial charge in [-0.25, -0.2) is 9.88 Å². The maximum atomic E-state index is 12.1. The van der Waals surface area contributed by atoms with E-state index in [2.05, 4.69) is 25.9 Å². The Morgan fingerprint density at radius 3 is 2.65 bits per heavy atom. The van der Waals surface area contributed by atoms with Gasteiger partial charge in [-0.15, -0.1) is 0 Å². The first kappa shape index (κ1) is 10.2. The van der Waals surface area contributed by atoms with Crippen LogP contribution in [0.2, 0.25) is 0 Å². The van der Waals surface area contributed by atoms with Gasteiger partial charge < -0.3 is 4.98 Å². The van der Waals surface area contributed by atoms with E-state index < -0.39 is 0 Å². The molecule has 0 spiro atoms. The Hall–Kier alpha value is -1.95. The lowest BCUT2D eigenvalue weighted by atomic mass is 10.1. The largest absolute Gasteiger partial charge is 0.330 e. The van der Waals surface area contributed by atoms with Gasteiger partial charge in [-0.1, -0.05) is 15.9 Å². The lowest BCUT2D eigenvalue weighted by Gasteiger charge is -2.08. The third kappa shape index (κ3) is 1.41. The standard InChI is InChI=1S/C11H6BrN3O2/c12-6-1-2-7-8(5-6)10(17)15(9(7)16)11-13-3-4-14-11/h1-5H,(H,13,14). The number of carbonyl (C=O) groups excluding carboxylic acids is 2. The van der Waals surface area contributed by atoms with Crippen LogP contribution >= 0.6 is 15.9 Å². The number of imidazole rings is 1. The van der Waals surface area contributed by atoms with Crippen LogP contribution in [0.15, 0.2) is 35.1 Å². The Kier molecular flexibility index (Phi) is 2.12. The second-order valence-corrected chi connectivity index (χ2v) is 4.46. The molecule has 1 aromatic carbocycles. The third-order valence-corrected chi connectivity index (χ3v) is 3.04. The average Bonchev–Trinajstić information content (AvgIpc) is 2.88. The Bertz CT molecular complexity index is 622. The minimum atomic E-state index is -0.360. The topological polar surface area (TPSA) is 66.1 Å². The summed E-state index contributed by atoms with van der Waals surface area (Å²) in [7, 11) is 0. The van der Waals surface area contributed by atoms with Gasteiger partial charge in [-0.05, 0) is 18.2 Å². The van der Waals surface area contributed by atoms with Crippen LogP contribution in [0.4, 0.5) is 5.95 Å². The first-order valence-corrected chi connectivity index (χ1v) is 5.65. The molecule has 0 saturated carbocycles. The van der Waals surface area contributed by atoms with E-state index in [1.54, 1.807) is 24.4 Å². The van der Waals surface area contributed by atoms with Crippen LogP contribution in [0, 0.1) is 0 Å². The molecule has 5 nitrogen and oxygen atoms in total. The maximum Gasteiger partial charge on any atom is 0.268 e. The van der Waals surface area contributed by atoms with Crippen LogP contribution in [0.5, 0.6) is 0 Å². The quantitative estimate of drug-likeness (QED) is 0.817. The van der Waals surface area contributed by atoms with E-state index in [1.165, 1.54) is 6.20 Å². The lowest BCUT2D eigenvalue weighted by molar-refractivity contribution is 0.0924. The number of hydrogen-bond acceptors (Lipinski definition) is 3. The van der Waals surface area contributed by atoms with E-state index >= 15 is 0 Å². The molecule has 2 aromatic rings. The first-order valence-electron chi connectivity index (χ1n) is 4.86. The molecular formula is C11H6BrN3O2. The summed E-state index contributed by atoms with van der Waals surface area (Å²) in [6.45, 7) is 0. The van der Waals surface area contributed by atoms with Crippen LogP contribution < -0.4 is 4.90 Å². The number of anilines is 1. The highest BCUT2D eigenvalue weighted by atomic mass is 79.9. The van der Waals surface area contributed by atoms with E-state index in [-0.39, 0.29) is 17.8 Å². The van der Waals surface area contributed by atoms with Crippen LogP contribution in [0.3, 0.4) is 0 Å². The predicted octanol–water partition coefficient (Wildman–Crippen LogP) is 1.97. The molecule has 1 aliphatic heterocycles. The predicted molar refractivity (Wildman–Crippen MR) is 63.9 cm³/mol. The summed E-state index contributed by atoms with van der Waals surface area (Å²) < 4.78 is 0.763. The van der Waals surface area contributed by atoms with Gasteiger partial charge >= 0.3 is 0 Å². The van der Waals surface area contributed by atoms with Gasteiger partial charge in [-0.3, -0.25) is 9.59 Å². The van der Waals surface area contributed by atoms with Crippen molar-refractivity contribution in [1.82, 2.24) is 9.97 Å². The van der Waals surface area contributed by atoms with Crippen LogP contribution in [-0.4, -0.2) is 21.8 Å². The molecule has 0 unspecified atom stereocenters. The number of aromatic nitrogens is 2. The number of rotatable bonds is 1. The molecular weight excluding hydrogens is 286 g/mol. The average molecular weight is 292 g/mol. The first-order chi connectivity index (χ1) is 8.18. The van der Waals surface area contributed by atoms with Crippen LogP contribution in [0.25, 0.3) is 0 Å². The highest BCUT2D eigenvalue weighted by Crippen LogP contribution is 2.28. The zero-order valence-electron chi connectivity index (χ0n) is 8.48. The fraction of sp³-hybridized carbons (Fsp3) is 0. The molecule has 17 heavy (non-hydrogen) atoms. The summed E-state index contributed by atoms with van der Waals surface area (Å²) in [5.41, 5.74) is 0.787. The number of imide groups is 1. The van der Waals surface area contributed by atoms with E-state index in [9.17, 15) is 9.59 Å². The number of hydrogen-bond donors (Lipinski definition) is 1. The van der Waals surface area contributed by atoms with Gasteiger partial charge in [0.15, 0.2) is 0 Å². The van der Waals surface area contributed by atoms with Crippen molar-refractivity contribution in [2.75, 3.05) is 4.90 Å². The third-order valence-electron chi connectivity index (χ3n) is 2.54. The molecule has 0 saturated heterocycles. The van der Waals surface area contributed by atoms with E-state index in [1.807, 2.05) is 0 Å². The number of halogens is 1. The number of carbonyl (C=O) groups is 2. The molecule has 0 fully saturated rings. The molecule has 0 aliphatic carbocycles. The number of benzene rings is 1. The van der Waals surface area contributed by atoms with E-state index in [4.69, 9.17) is 0 Å². The highest BCUT2D eigenvalue weighted by molar-refractivity contribution is 9.10. The van der Waals surface area contributed by atoms with Crippen molar-refractivity contribution in [3.8, 4) is 0 Å². The molecule has 2 amide bonds. The number of amides is 2. The molecule has 0 atom stereocenters. The fourth-order valence-corrected chi connectivity index (χ4v) is 2.15. The van der Waals surface area contributed by atoms with Gasteiger partial charge in [0.2, 0.25) is 5.95 Å². The minimum absolute atomic E-state index is 0.243. The normalized spacial score (nSPS) is 14.3. The Labute approximate surface area is 105 Å². The van der Waals surface area contributed by atoms with Gasteiger partial charge in [0, 0.05) is 16.9 Å². The SMILES string of the molecule is O=C1c2ccc(Br)cc2C(=O)N1c1ncc[nH]1. The summed E-state index contributed by atoms with van der Waals surface area (Å²) in [5, 5.41) is 0. The number of nitrogens with zero attached hydrogens (tertiary/aromatic N) is 2. The summed E-state index contributed by atoms with van der Waals surface area (Å²) in [4.78, 5) is 31.8. The smallest absolute Gasteiger partial charge is 0.268 e. The second-order valence-electron chi connectivity index (χ2n) is 3.55. The summed E-state index contributed by atoms with van der Waals surface area (Å²) in [6, 6.07) is 5.00. The van der Waals surface area contributed by atoms with Gasteiger partial charge in [-0.2, -0.15) is 0 Å². The highest BCUT2D eigenvalue weighted by Gasteiger charge is 2.37. The van der Waals surface area contributed by atoms with E-state index in [0.717, 1.165) is 9.37 Å². The summed E-state index contributed by atoms with van der Waals surface area (Å²) in [5.74, 6) is -0.471. The molecule has 2 heterocycles. The van der Waals surface area contributed by atoms with E-state index in [0.29, 0.717) is 11.1 Å². The number of nitrogens with one attached hydrogen (secondary N) is 1. The minimum Gasteiger partial charge on any atom is -0.330 e. The molecule has 3 rings (SSSR count). The number of H-pyrrole nitrogens is 1. The van der Waals surface area contributed by atoms with Crippen molar-refractivity contribution in [3.05, 3.63) is 46.2 Å². The Balaban J connectivity index is 2.15. The van der Waals surface area contributed by atoms with Crippen molar-refractivity contribution in [2.45, 2.75) is 0 Å². The van der Waals surface area contributed by atoms with Gasteiger partial charge in [0.1, 0.15) is 0 Å². The molecule has 84 valence electrons. The number of aromatic amines is 1. The zero-order valence-corrected chi connectivity index (χ0v) is 10.1. The van der Waals surface area contributed by atoms with Crippen LogP contribution in [-0.2, 0) is 0 Å². The van der Waals surface area contributed by atoms with Crippen molar-refractivity contribution < 1.29 is 9.59 Å². The maximum absolute atomic E-state index is 12.1. The second kappa shape index (κ2) is 3.53. The van der Waals surface area contributed by atoms with Gasteiger partial charge in [0.05, 0.1) is 11.1 Å². The molecule has 1 N–H and O–H groups in total. The monoisotopic (exact) mass is 291 g/mol. The molecule has 0 bridgehead atoms. The molecule has 6 heteroatoms. The fourth-order valence-electron chi connectivity index (χ4n) is 1.78. The zero-order chi connectivity index (χ0) is 12.0. The summed E-state index contributed by atoms with van der Waals surface area (Å²) in [6.07, 6.45) is 3.06. The molecule has 1 aliphatic rings. The Morgan fingerprint density at radius 1 is 1.18 bits per heavy atom. The molecule has 0 radical (unpaired) electrons. The lowest BCUT2D eigenvalue weighted by Crippen LogP contribution is -2.30. The van der Waals surface area contributed by atoms with Crippen molar-refractivity contribution >= 4 is 33.7 Å².